The molecule has 0 aliphatic carbocycles. The lowest BCUT2D eigenvalue weighted by Gasteiger charge is -2.01. The maximum Gasteiger partial charge on any atom is 0.193 e. The summed E-state index contributed by atoms with van der Waals surface area (Å²) in [5.41, 5.74) is 5.71. The van der Waals surface area contributed by atoms with E-state index >= 15 is 0 Å². The van der Waals surface area contributed by atoms with Crippen LogP contribution in [0.4, 0.5) is 0 Å². The van der Waals surface area contributed by atoms with Gasteiger partial charge in [-0.25, -0.2) is 15.0 Å². The van der Waals surface area contributed by atoms with Crippen LogP contribution in [0.25, 0.3) is 44.4 Å². The van der Waals surface area contributed by atoms with E-state index in [1.165, 1.54) is 0 Å². The van der Waals surface area contributed by atoms with Crippen molar-refractivity contribution in [3.8, 4) is 32.7 Å². The lowest BCUT2D eigenvalue weighted by Crippen LogP contribution is -1.90. The van der Waals surface area contributed by atoms with Gasteiger partial charge in [-0.2, -0.15) is 5.10 Å². The van der Waals surface area contributed by atoms with Crippen molar-refractivity contribution < 1.29 is 0 Å². The predicted molar refractivity (Wildman–Crippen MR) is 112 cm³/mol. The van der Waals surface area contributed by atoms with Crippen LogP contribution in [0, 0.1) is 6.92 Å². The molecule has 0 aliphatic rings. The van der Waals surface area contributed by atoms with Crippen LogP contribution in [-0.4, -0.2) is 29.5 Å². The molecule has 0 spiro atoms. The number of aromatic nitrogens is 6. The van der Waals surface area contributed by atoms with Crippen molar-refractivity contribution in [2.45, 2.75) is 6.92 Å². The molecule has 0 saturated carbocycles. The Morgan fingerprint density at radius 1 is 1.11 bits per heavy atom. The minimum atomic E-state index is 0.640. The maximum absolute atomic E-state index is 4.98. The minimum absolute atomic E-state index is 0.640. The van der Waals surface area contributed by atoms with Gasteiger partial charge in [0.25, 0.3) is 0 Å². The molecule has 0 unspecified atom stereocenters. The number of benzene rings is 1. The van der Waals surface area contributed by atoms with Gasteiger partial charge in [0, 0.05) is 11.8 Å². The molecule has 136 valence electrons. The second-order valence-corrected chi connectivity index (χ2v) is 7.33. The Labute approximate surface area is 165 Å². The van der Waals surface area contributed by atoms with Crippen molar-refractivity contribution >= 4 is 23.1 Å². The second kappa shape index (κ2) is 6.54. The molecule has 1 aromatic carbocycles. The normalized spacial score (nSPS) is 11.2. The first-order valence-electron chi connectivity index (χ1n) is 8.78. The van der Waals surface area contributed by atoms with Gasteiger partial charge in [-0.05, 0) is 24.6 Å². The average Bonchev–Trinajstić information content (AvgIpc) is 3.45. The summed E-state index contributed by atoms with van der Waals surface area (Å²) in [6.07, 6.45) is 5.45. The van der Waals surface area contributed by atoms with E-state index in [9.17, 15) is 0 Å². The minimum Gasteiger partial charge on any atom is -0.297 e. The van der Waals surface area contributed by atoms with Gasteiger partial charge in [0.15, 0.2) is 5.82 Å². The van der Waals surface area contributed by atoms with Crippen LogP contribution in [0.15, 0.2) is 61.6 Å². The predicted octanol–water partition coefficient (Wildman–Crippen LogP) is 4.86. The molecule has 0 aliphatic heterocycles. The number of fused-ring (bicyclic) bond motifs is 1. The van der Waals surface area contributed by atoms with Gasteiger partial charge in [-0.15, -0.1) is 11.3 Å². The van der Waals surface area contributed by atoms with E-state index in [0.29, 0.717) is 5.82 Å². The lowest BCUT2D eigenvalue weighted by molar-refractivity contribution is 1.10. The number of hydrogen-bond acceptors (Lipinski definition) is 5. The van der Waals surface area contributed by atoms with Gasteiger partial charge in [0.05, 0.1) is 11.4 Å². The molecule has 1 N–H and O–H groups in total. The molecule has 0 radical (unpaired) electrons. The van der Waals surface area contributed by atoms with Crippen molar-refractivity contribution in [1.82, 2.24) is 29.5 Å². The molecule has 5 rings (SSSR count). The zero-order valence-corrected chi connectivity index (χ0v) is 15.9. The zero-order valence-electron chi connectivity index (χ0n) is 15.1. The molecular formula is C21H16N6S. The van der Waals surface area contributed by atoms with Crippen LogP contribution in [0.5, 0.6) is 0 Å². The van der Waals surface area contributed by atoms with Crippen LogP contribution < -0.4 is 0 Å². The van der Waals surface area contributed by atoms with E-state index in [0.717, 1.165) is 43.7 Å². The van der Waals surface area contributed by atoms with E-state index in [1.54, 1.807) is 17.7 Å². The van der Waals surface area contributed by atoms with E-state index in [4.69, 9.17) is 9.97 Å². The fourth-order valence-corrected chi connectivity index (χ4v) is 4.36. The molecule has 0 saturated heterocycles. The smallest absolute Gasteiger partial charge is 0.193 e. The fraction of sp³-hybridized carbons (Fsp3) is 0.0476. The lowest BCUT2D eigenvalue weighted by atomic mass is 10.1. The molecule has 6 nitrogen and oxygen atoms in total. The van der Waals surface area contributed by atoms with Crippen LogP contribution in [0.1, 0.15) is 11.3 Å². The third-order valence-corrected chi connectivity index (χ3v) is 5.60. The molecule has 4 aromatic heterocycles. The van der Waals surface area contributed by atoms with E-state index < -0.39 is 0 Å². The summed E-state index contributed by atoms with van der Waals surface area (Å²) in [5, 5.41) is 7.95. The van der Waals surface area contributed by atoms with Crippen molar-refractivity contribution in [2.24, 2.45) is 0 Å². The van der Waals surface area contributed by atoms with Gasteiger partial charge in [0.1, 0.15) is 27.6 Å². The Balaban J connectivity index is 1.77. The number of hydrogen-bond donors (Lipinski definition) is 1. The summed E-state index contributed by atoms with van der Waals surface area (Å²) < 4.78 is 2.07. The maximum atomic E-state index is 4.98. The number of nitrogens with zero attached hydrogens (tertiary/aromatic N) is 5. The Kier molecular flexibility index (Phi) is 3.87. The number of nitrogens with one attached hydrogen (secondary N) is 1. The molecule has 0 bridgehead atoms. The quantitative estimate of drug-likeness (QED) is 0.480. The fourth-order valence-electron chi connectivity index (χ4n) is 3.24. The molecular weight excluding hydrogens is 368 g/mol. The van der Waals surface area contributed by atoms with Gasteiger partial charge < -0.3 is 0 Å². The number of rotatable bonds is 4. The average molecular weight is 384 g/mol. The first-order chi connectivity index (χ1) is 13.7. The van der Waals surface area contributed by atoms with Gasteiger partial charge >= 0.3 is 0 Å². The number of aromatic amines is 1. The Bertz CT molecular complexity index is 1280. The summed E-state index contributed by atoms with van der Waals surface area (Å²) in [7, 11) is 0. The van der Waals surface area contributed by atoms with Gasteiger partial charge in [-0.1, -0.05) is 43.0 Å². The van der Waals surface area contributed by atoms with Gasteiger partial charge in [0.2, 0.25) is 0 Å². The standard InChI is InChI=1S/C21H16N6S/c1-3-14-9-10-16-24-13(2)18(27(16)11-14)21-25-17(15-7-5-4-6-8-15)19(28-21)20-22-12-23-26-20/h3-12H,1H2,2H3,(H,22,23,26). The molecule has 28 heavy (non-hydrogen) atoms. The van der Waals surface area contributed by atoms with Crippen molar-refractivity contribution in [3.63, 3.8) is 0 Å². The third-order valence-electron chi connectivity index (χ3n) is 4.55. The van der Waals surface area contributed by atoms with Crippen LogP contribution >= 0.6 is 11.3 Å². The van der Waals surface area contributed by atoms with Crippen molar-refractivity contribution in [3.05, 3.63) is 72.8 Å². The molecule has 0 amide bonds. The molecule has 4 heterocycles. The van der Waals surface area contributed by atoms with E-state index in [-0.39, 0.29) is 0 Å². The Morgan fingerprint density at radius 2 is 1.96 bits per heavy atom. The number of H-pyrrole nitrogens is 1. The summed E-state index contributed by atoms with van der Waals surface area (Å²) >= 11 is 1.57. The highest BCUT2D eigenvalue weighted by molar-refractivity contribution is 7.18. The van der Waals surface area contributed by atoms with Crippen LogP contribution in [0.3, 0.4) is 0 Å². The SMILES string of the molecule is C=Cc1ccc2nc(C)c(-c3nc(-c4ccccc4)c(-c4nc[nH]n4)s3)n2c1. The molecule has 0 atom stereocenters. The number of pyridine rings is 1. The van der Waals surface area contributed by atoms with Gasteiger partial charge in [-0.3, -0.25) is 9.50 Å². The third kappa shape index (κ3) is 2.64. The first kappa shape index (κ1) is 16.6. The van der Waals surface area contributed by atoms with E-state index in [2.05, 4.69) is 26.2 Å². The molecule has 0 fully saturated rings. The van der Waals surface area contributed by atoms with Crippen LogP contribution in [0.2, 0.25) is 0 Å². The second-order valence-electron chi connectivity index (χ2n) is 6.33. The molecule has 7 heteroatoms. The van der Waals surface area contributed by atoms with Crippen molar-refractivity contribution in [1.29, 1.82) is 0 Å². The topological polar surface area (TPSA) is 71.8 Å². The molecule has 5 aromatic rings. The summed E-state index contributed by atoms with van der Waals surface area (Å²) in [6, 6.07) is 14.1. The number of aryl methyl sites for hydroxylation is 1. The van der Waals surface area contributed by atoms with Crippen LogP contribution in [-0.2, 0) is 0 Å². The summed E-state index contributed by atoms with van der Waals surface area (Å²) in [4.78, 5) is 15.0. The summed E-state index contributed by atoms with van der Waals surface area (Å²) in [6.45, 7) is 5.88. The highest BCUT2D eigenvalue weighted by Gasteiger charge is 2.22. The number of imidazole rings is 1. The Morgan fingerprint density at radius 3 is 2.71 bits per heavy atom. The van der Waals surface area contributed by atoms with Crippen molar-refractivity contribution in [2.75, 3.05) is 0 Å². The highest BCUT2D eigenvalue weighted by atomic mass is 32.1. The largest absolute Gasteiger partial charge is 0.297 e. The monoisotopic (exact) mass is 384 g/mol. The first-order valence-corrected chi connectivity index (χ1v) is 9.60. The van der Waals surface area contributed by atoms with E-state index in [1.807, 2.05) is 61.7 Å². The highest BCUT2D eigenvalue weighted by Crippen LogP contribution is 2.40. The Hall–Kier alpha value is -3.58. The number of thiazole rings is 1. The summed E-state index contributed by atoms with van der Waals surface area (Å²) in [5.74, 6) is 0.640. The zero-order chi connectivity index (χ0) is 19.1.